The molecule has 0 spiro atoms. The first-order chi connectivity index (χ1) is 19.0. The van der Waals surface area contributed by atoms with Gasteiger partial charge in [-0.25, -0.2) is 0 Å². The fourth-order valence-corrected chi connectivity index (χ4v) is 4.09. The van der Waals surface area contributed by atoms with E-state index in [9.17, 15) is 26.7 Å². The molecule has 0 bridgehead atoms. The van der Waals surface area contributed by atoms with Gasteiger partial charge in [-0.1, -0.05) is 12.1 Å². The van der Waals surface area contributed by atoms with E-state index in [-0.39, 0.29) is 35.0 Å². The highest BCUT2D eigenvalue weighted by atomic mass is 19.4. The van der Waals surface area contributed by atoms with E-state index in [2.05, 4.69) is 20.7 Å². The summed E-state index contributed by atoms with van der Waals surface area (Å²) in [7, 11) is 1.18. The average Bonchev–Trinajstić information content (AvgIpc) is 3.61. The zero-order chi connectivity index (χ0) is 28.6. The van der Waals surface area contributed by atoms with E-state index in [4.69, 9.17) is 9.47 Å². The van der Waals surface area contributed by atoms with E-state index in [1.165, 1.54) is 30.0 Å². The number of rotatable bonds is 9. The maximum absolute atomic E-state index is 14.6. The third kappa shape index (κ3) is 5.77. The van der Waals surface area contributed by atoms with Crippen molar-refractivity contribution in [1.29, 1.82) is 0 Å². The molecule has 1 amide bonds. The highest BCUT2D eigenvalue weighted by molar-refractivity contribution is 5.97. The number of amides is 1. The number of carbonyl (C=O) groups excluding carboxylic acids is 1. The minimum Gasteiger partial charge on any atom is -0.494 e. The number of hydrogen-bond donors (Lipinski definition) is 2. The van der Waals surface area contributed by atoms with Crippen LogP contribution in [0, 0.1) is 18.6 Å². The first kappa shape index (κ1) is 27.2. The van der Waals surface area contributed by atoms with Crippen LogP contribution >= 0.6 is 0 Å². The SMILES string of the molecule is COc1ccc(Oc2cc(NCCC(F)(F)F)n3ncc(-c4ccc(C(=O)NC5CC5)c(C)c4)c3n2)c(F)c1F. The van der Waals surface area contributed by atoms with E-state index in [0.29, 0.717) is 22.3 Å². The molecule has 1 aliphatic rings. The van der Waals surface area contributed by atoms with Gasteiger partial charge in [0, 0.05) is 29.8 Å². The minimum absolute atomic E-state index is 0.0852. The van der Waals surface area contributed by atoms with Crippen molar-refractivity contribution in [1.82, 2.24) is 19.9 Å². The van der Waals surface area contributed by atoms with Crippen molar-refractivity contribution < 1.29 is 36.2 Å². The van der Waals surface area contributed by atoms with E-state index in [0.717, 1.165) is 18.9 Å². The lowest BCUT2D eigenvalue weighted by Crippen LogP contribution is -2.26. The first-order valence-electron chi connectivity index (χ1n) is 12.3. The molecule has 2 heterocycles. The number of nitrogens with one attached hydrogen (secondary N) is 2. The second-order valence-corrected chi connectivity index (χ2v) is 9.34. The van der Waals surface area contributed by atoms with Crippen molar-refractivity contribution in [2.75, 3.05) is 19.0 Å². The highest BCUT2D eigenvalue weighted by Gasteiger charge is 2.27. The summed E-state index contributed by atoms with van der Waals surface area (Å²) < 4.78 is 78.8. The van der Waals surface area contributed by atoms with Crippen LogP contribution < -0.4 is 20.1 Å². The topological polar surface area (TPSA) is 89.8 Å². The monoisotopic (exact) mass is 561 g/mol. The van der Waals surface area contributed by atoms with Crippen LogP contribution in [0.4, 0.5) is 27.8 Å². The largest absolute Gasteiger partial charge is 0.494 e. The molecule has 210 valence electrons. The normalized spacial score (nSPS) is 13.4. The summed E-state index contributed by atoms with van der Waals surface area (Å²) in [5.41, 5.74) is 2.49. The molecule has 0 atom stereocenters. The van der Waals surface area contributed by atoms with Gasteiger partial charge in [-0.05, 0) is 49.1 Å². The van der Waals surface area contributed by atoms with Crippen LogP contribution in [0.15, 0.2) is 42.6 Å². The van der Waals surface area contributed by atoms with E-state index in [1.807, 2.05) is 0 Å². The number of fused-ring (bicyclic) bond motifs is 1. The molecular weight excluding hydrogens is 537 g/mol. The van der Waals surface area contributed by atoms with Crippen LogP contribution in [-0.4, -0.2) is 46.4 Å². The Morgan fingerprint density at radius 1 is 1.10 bits per heavy atom. The lowest BCUT2D eigenvalue weighted by Gasteiger charge is -2.13. The van der Waals surface area contributed by atoms with Gasteiger partial charge < -0.3 is 20.1 Å². The standard InChI is InChI=1S/C27H24F5N5O3/c1-14-11-15(3-6-17(14)26(38)35-16-4-5-16)18-13-34-37-21(33-10-9-27(30,31)32)12-22(36-25(18)37)40-20-8-7-19(39-2)23(28)24(20)29/h3,6-8,11-13,16,33H,4-5,9-10H2,1-2H3,(H,35,38). The third-order valence-corrected chi connectivity index (χ3v) is 6.30. The van der Waals surface area contributed by atoms with Crippen LogP contribution in [0.3, 0.4) is 0 Å². The highest BCUT2D eigenvalue weighted by Crippen LogP contribution is 2.34. The van der Waals surface area contributed by atoms with Gasteiger partial charge in [0.05, 0.1) is 19.7 Å². The van der Waals surface area contributed by atoms with Gasteiger partial charge in [0.2, 0.25) is 17.5 Å². The number of benzene rings is 2. The Morgan fingerprint density at radius 2 is 1.82 bits per heavy atom. The molecule has 0 aliphatic heterocycles. The molecule has 4 aromatic rings. The molecule has 1 fully saturated rings. The zero-order valence-electron chi connectivity index (χ0n) is 21.4. The maximum atomic E-state index is 14.6. The number of methoxy groups -OCH3 is 1. The Hall–Kier alpha value is -4.42. The van der Waals surface area contributed by atoms with Gasteiger partial charge in [0.25, 0.3) is 5.91 Å². The van der Waals surface area contributed by atoms with Gasteiger partial charge in [-0.2, -0.15) is 36.6 Å². The Bertz CT molecular complexity index is 1580. The molecular formula is C27H24F5N5O3. The van der Waals surface area contributed by atoms with E-state index in [1.54, 1.807) is 25.1 Å². The molecule has 13 heteroatoms. The molecule has 8 nitrogen and oxygen atoms in total. The van der Waals surface area contributed by atoms with Crippen LogP contribution in [0.1, 0.15) is 35.2 Å². The number of aryl methyl sites for hydroxylation is 1. The molecule has 0 unspecified atom stereocenters. The molecule has 1 aliphatic carbocycles. The van der Waals surface area contributed by atoms with Crippen LogP contribution in [0.5, 0.6) is 17.4 Å². The quantitative estimate of drug-likeness (QED) is 0.242. The fraction of sp³-hybridized carbons (Fsp3) is 0.296. The Balaban J connectivity index is 1.53. The summed E-state index contributed by atoms with van der Waals surface area (Å²) in [6.45, 7) is 1.30. The van der Waals surface area contributed by atoms with Gasteiger partial charge >= 0.3 is 6.18 Å². The van der Waals surface area contributed by atoms with Crippen LogP contribution in [0.25, 0.3) is 16.8 Å². The van der Waals surface area contributed by atoms with Gasteiger partial charge in [0.1, 0.15) is 5.82 Å². The van der Waals surface area contributed by atoms with Gasteiger partial charge in [0.15, 0.2) is 17.1 Å². The number of anilines is 1. The third-order valence-electron chi connectivity index (χ3n) is 6.30. The second-order valence-electron chi connectivity index (χ2n) is 9.34. The Morgan fingerprint density at radius 3 is 2.50 bits per heavy atom. The number of carbonyl (C=O) groups is 1. The second kappa shape index (κ2) is 10.6. The first-order valence-corrected chi connectivity index (χ1v) is 12.3. The molecule has 5 rings (SSSR count). The number of ether oxygens (including phenoxy) is 2. The van der Waals surface area contributed by atoms with Crippen molar-refractivity contribution in [2.24, 2.45) is 0 Å². The maximum Gasteiger partial charge on any atom is 0.390 e. The fourth-order valence-electron chi connectivity index (χ4n) is 4.09. The van der Waals surface area contributed by atoms with E-state index >= 15 is 0 Å². The molecule has 2 N–H and O–H groups in total. The van der Waals surface area contributed by atoms with Crippen molar-refractivity contribution >= 4 is 17.4 Å². The van der Waals surface area contributed by atoms with Crippen LogP contribution in [0.2, 0.25) is 0 Å². The summed E-state index contributed by atoms with van der Waals surface area (Å²) in [4.78, 5) is 16.9. The summed E-state index contributed by atoms with van der Waals surface area (Å²) in [5, 5.41) is 9.87. The average molecular weight is 562 g/mol. The molecule has 40 heavy (non-hydrogen) atoms. The van der Waals surface area contributed by atoms with Crippen molar-refractivity contribution in [2.45, 2.75) is 38.4 Å². The lowest BCUT2D eigenvalue weighted by molar-refractivity contribution is -0.131. The summed E-state index contributed by atoms with van der Waals surface area (Å²) in [5.74, 6) is -3.73. The molecule has 2 aromatic carbocycles. The van der Waals surface area contributed by atoms with Crippen molar-refractivity contribution in [3.8, 4) is 28.5 Å². The number of nitrogens with zero attached hydrogens (tertiary/aromatic N) is 3. The summed E-state index contributed by atoms with van der Waals surface area (Å²) in [6, 6.07) is 8.89. The summed E-state index contributed by atoms with van der Waals surface area (Å²) in [6.07, 6.45) is -2.15. The van der Waals surface area contributed by atoms with Crippen LogP contribution in [-0.2, 0) is 0 Å². The molecule has 0 saturated heterocycles. The predicted octanol–water partition coefficient (Wildman–Crippen LogP) is 6.04. The Kier molecular flexibility index (Phi) is 7.21. The summed E-state index contributed by atoms with van der Waals surface area (Å²) >= 11 is 0. The molecule has 0 radical (unpaired) electrons. The number of hydrogen-bond acceptors (Lipinski definition) is 6. The lowest BCUT2D eigenvalue weighted by atomic mass is 10.0. The molecule has 2 aromatic heterocycles. The van der Waals surface area contributed by atoms with Gasteiger partial charge in [-0.15, -0.1) is 0 Å². The van der Waals surface area contributed by atoms with Crippen molar-refractivity contribution in [3.63, 3.8) is 0 Å². The van der Waals surface area contributed by atoms with Crippen molar-refractivity contribution in [3.05, 3.63) is 65.4 Å². The number of halogens is 5. The zero-order valence-corrected chi connectivity index (χ0v) is 21.4. The smallest absolute Gasteiger partial charge is 0.390 e. The Labute approximate surface area is 225 Å². The molecule has 1 saturated carbocycles. The predicted molar refractivity (Wildman–Crippen MR) is 136 cm³/mol. The van der Waals surface area contributed by atoms with Gasteiger partial charge in [-0.3, -0.25) is 4.79 Å². The number of aromatic nitrogens is 3. The number of alkyl halides is 3. The van der Waals surface area contributed by atoms with E-state index < -0.39 is 36.5 Å². The minimum atomic E-state index is -4.40.